The Bertz CT molecular complexity index is 1750. The Morgan fingerprint density at radius 3 is 1.19 bits per heavy atom. The molecule has 0 spiro atoms. The van der Waals surface area contributed by atoms with Gasteiger partial charge in [0.1, 0.15) is 11.5 Å². The van der Waals surface area contributed by atoms with E-state index in [0.717, 1.165) is 70.8 Å². The number of hydrogen-bond acceptors (Lipinski definition) is 4. The number of carbonyl (C=O) groups is 2. The highest BCUT2D eigenvalue weighted by Crippen LogP contribution is 2.31. The maximum atomic E-state index is 12.6. The number of rotatable bonds is 11. The summed E-state index contributed by atoms with van der Waals surface area (Å²) in [5.74, 6) is 0.846. The van der Waals surface area contributed by atoms with Crippen molar-refractivity contribution in [3.05, 3.63) is 109 Å². The summed E-state index contributed by atoms with van der Waals surface area (Å²) < 4.78 is 11.5. The van der Waals surface area contributed by atoms with Crippen LogP contribution in [0.15, 0.2) is 109 Å². The van der Waals surface area contributed by atoms with Gasteiger partial charge in [0.2, 0.25) is 0 Å². The summed E-state index contributed by atoms with van der Waals surface area (Å²) in [5, 5.41) is 8.64. The minimum atomic E-state index is -0.195. The molecule has 0 atom stereocenters. The second-order valence-electron chi connectivity index (χ2n) is 10.9. The molecule has 0 saturated carbocycles. The first-order chi connectivity index (χ1) is 20.6. The first-order valence-electron chi connectivity index (χ1n) is 14.9. The summed E-state index contributed by atoms with van der Waals surface area (Å²) >= 11 is 0. The lowest BCUT2D eigenvalue weighted by Gasteiger charge is -2.10. The van der Waals surface area contributed by atoms with Crippen LogP contribution in [0.2, 0.25) is 0 Å². The van der Waals surface area contributed by atoms with Gasteiger partial charge < -0.3 is 9.47 Å². The highest BCUT2D eigenvalue weighted by Gasteiger charge is 2.11. The van der Waals surface area contributed by atoms with Gasteiger partial charge in [-0.25, -0.2) is 0 Å². The van der Waals surface area contributed by atoms with Crippen molar-refractivity contribution in [2.45, 2.75) is 51.4 Å². The average molecular weight is 555 g/mol. The molecule has 0 saturated heterocycles. The number of carbonyl (C=O) groups excluding carboxylic acids is 2. The van der Waals surface area contributed by atoms with Gasteiger partial charge in [0, 0.05) is 23.6 Å². The predicted molar refractivity (Wildman–Crippen MR) is 171 cm³/mol. The third kappa shape index (κ3) is 6.44. The Labute approximate surface area is 245 Å². The zero-order valence-corrected chi connectivity index (χ0v) is 23.7. The summed E-state index contributed by atoms with van der Waals surface area (Å²) in [5.41, 5.74) is 0. The molecule has 0 aliphatic carbocycles. The zero-order chi connectivity index (χ0) is 28.7. The van der Waals surface area contributed by atoms with E-state index in [9.17, 15) is 9.59 Å². The molecule has 0 heterocycles. The van der Waals surface area contributed by atoms with Crippen LogP contribution in [0.3, 0.4) is 0 Å². The van der Waals surface area contributed by atoms with Crippen molar-refractivity contribution in [1.82, 2.24) is 0 Å². The molecule has 0 amide bonds. The minimum Gasteiger partial charge on any atom is -0.426 e. The Balaban J connectivity index is 0.905. The molecule has 0 fully saturated rings. The van der Waals surface area contributed by atoms with Crippen molar-refractivity contribution >= 4 is 55.0 Å². The average Bonchev–Trinajstić information content (AvgIpc) is 3.01. The molecule has 0 aromatic heterocycles. The molecule has 6 aromatic carbocycles. The molecule has 4 heteroatoms. The molecular formula is C38H34O4. The smallest absolute Gasteiger partial charge is 0.311 e. The van der Waals surface area contributed by atoms with Gasteiger partial charge >= 0.3 is 11.9 Å². The maximum absolute atomic E-state index is 12.6. The lowest BCUT2D eigenvalue weighted by atomic mass is 10.0. The largest absolute Gasteiger partial charge is 0.426 e. The van der Waals surface area contributed by atoms with Crippen LogP contribution in [0.25, 0.3) is 43.1 Å². The lowest BCUT2D eigenvalue weighted by molar-refractivity contribution is -0.135. The second-order valence-corrected chi connectivity index (χ2v) is 10.9. The van der Waals surface area contributed by atoms with Crippen molar-refractivity contribution in [2.75, 3.05) is 0 Å². The summed E-state index contributed by atoms with van der Waals surface area (Å²) in [4.78, 5) is 25.1. The minimum absolute atomic E-state index is 0.195. The van der Waals surface area contributed by atoms with E-state index in [-0.39, 0.29) is 11.9 Å². The van der Waals surface area contributed by atoms with Gasteiger partial charge in [-0.15, -0.1) is 0 Å². The maximum Gasteiger partial charge on any atom is 0.311 e. The Hall–Kier alpha value is -4.70. The van der Waals surface area contributed by atoms with Crippen LogP contribution in [0.4, 0.5) is 0 Å². The molecular weight excluding hydrogens is 520 g/mol. The Kier molecular flexibility index (Phi) is 8.41. The van der Waals surface area contributed by atoms with E-state index >= 15 is 0 Å². The first kappa shape index (κ1) is 27.5. The third-order valence-corrected chi connectivity index (χ3v) is 7.87. The number of hydrogen-bond donors (Lipinski definition) is 0. The molecule has 6 aromatic rings. The van der Waals surface area contributed by atoms with Crippen molar-refractivity contribution in [3.63, 3.8) is 0 Å². The van der Waals surface area contributed by atoms with Gasteiger partial charge in [-0.3, -0.25) is 9.59 Å². The van der Waals surface area contributed by atoms with E-state index < -0.39 is 0 Å². The summed E-state index contributed by atoms with van der Waals surface area (Å²) in [6.45, 7) is 0. The number of ether oxygens (including phenoxy) is 2. The van der Waals surface area contributed by atoms with Crippen LogP contribution in [-0.2, 0) is 9.59 Å². The standard InChI is InChI=1S/C38H34O4/c39-37(41-35-19-11-17-31-23-27-13-7-9-15-29(27)25-33(31)35)21-5-3-1-2-4-6-22-38(40)42-36-20-12-18-32-24-28-14-8-10-16-30(28)26-34(32)36/h7-20,23-26H,1-6,21-22H2. The number of esters is 2. The third-order valence-electron chi connectivity index (χ3n) is 7.87. The van der Waals surface area contributed by atoms with Gasteiger partial charge in [-0.05, 0) is 81.6 Å². The van der Waals surface area contributed by atoms with E-state index in [2.05, 4.69) is 48.5 Å². The predicted octanol–water partition coefficient (Wildman–Crippen LogP) is 9.93. The fourth-order valence-electron chi connectivity index (χ4n) is 5.65. The second kappa shape index (κ2) is 12.9. The van der Waals surface area contributed by atoms with Crippen LogP contribution < -0.4 is 9.47 Å². The van der Waals surface area contributed by atoms with Crippen LogP contribution in [0.5, 0.6) is 11.5 Å². The van der Waals surface area contributed by atoms with E-state index in [0.29, 0.717) is 24.3 Å². The monoisotopic (exact) mass is 554 g/mol. The first-order valence-corrected chi connectivity index (χ1v) is 14.9. The van der Waals surface area contributed by atoms with Crippen LogP contribution in [-0.4, -0.2) is 11.9 Å². The van der Waals surface area contributed by atoms with Gasteiger partial charge in [0.25, 0.3) is 0 Å². The van der Waals surface area contributed by atoms with Crippen molar-refractivity contribution in [2.24, 2.45) is 0 Å². The van der Waals surface area contributed by atoms with Gasteiger partial charge in [-0.1, -0.05) is 98.5 Å². The molecule has 0 aliphatic heterocycles. The van der Waals surface area contributed by atoms with Crippen LogP contribution in [0.1, 0.15) is 51.4 Å². The molecule has 0 radical (unpaired) electrons. The Morgan fingerprint density at radius 2 is 0.762 bits per heavy atom. The molecule has 42 heavy (non-hydrogen) atoms. The molecule has 0 unspecified atom stereocenters. The summed E-state index contributed by atoms with van der Waals surface area (Å²) in [6, 6.07) is 36.5. The van der Waals surface area contributed by atoms with E-state index in [1.54, 1.807) is 0 Å². The van der Waals surface area contributed by atoms with Crippen LogP contribution >= 0.6 is 0 Å². The van der Waals surface area contributed by atoms with E-state index in [4.69, 9.17) is 9.47 Å². The molecule has 0 bridgehead atoms. The number of benzene rings is 6. The Morgan fingerprint density at radius 1 is 0.405 bits per heavy atom. The SMILES string of the molecule is O=C(CCCCCCCCC(=O)Oc1cccc2cc3ccccc3cc12)Oc1cccc2cc3ccccc3cc12. The van der Waals surface area contributed by atoms with E-state index in [1.807, 2.05) is 60.7 Å². The molecule has 0 aliphatic rings. The van der Waals surface area contributed by atoms with Crippen molar-refractivity contribution in [3.8, 4) is 11.5 Å². The zero-order valence-electron chi connectivity index (χ0n) is 23.7. The summed E-state index contributed by atoms with van der Waals surface area (Å²) in [7, 11) is 0. The topological polar surface area (TPSA) is 52.6 Å². The molecule has 6 rings (SSSR count). The normalized spacial score (nSPS) is 11.3. The highest BCUT2D eigenvalue weighted by atomic mass is 16.5. The van der Waals surface area contributed by atoms with Crippen molar-refractivity contribution in [1.29, 1.82) is 0 Å². The highest BCUT2D eigenvalue weighted by molar-refractivity contribution is 6.02. The summed E-state index contributed by atoms with van der Waals surface area (Å²) in [6.07, 6.45) is 6.37. The van der Waals surface area contributed by atoms with Gasteiger partial charge in [-0.2, -0.15) is 0 Å². The fraction of sp³-hybridized carbons (Fsp3) is 0.211. The number of unbranched alkanes of at least 4 members (excludes halogenated alkanes) is 5. The fourth-order valence-corrected chi connectivity index (χ4v) is 5.65. The van der Waals surface area contributed by atoms with Crippen LogP contribution in [0, 0.1) is 0 Å². The molecule has 4 nitrogen and oxygen atoms in total. The lowest BCUT2D eigenvalue weighted by Crippen LogP contribution is -2.08. The number of fused-ring (bicyclic) bond motifs is 4. The molecule has 210 valence electrons. The van der Waals surface area contributed by atoms with E-state index in [1.165, 1.54) is 10.8 Å². The van der Waals surface area contributed by atoms with Crippen molar-refractivity contribution < 1.29 is 19.1 Å². The van der Waals surface area contributed by atoms with Gasteiger partial charge in [0.05, 0.1) is 0 Å². The molecule has 0 N–H and O–H groups in total. The van der Waals surface area contributed by atoms with Gasteiger partial charge in [0.15, 0.2) is 0 Å². The quantitative estimate of drug-likeness (QED) is 0.0692.